The first-order valence-electron chi connectivity index (χ1n) is 4.49. The highest BCUT2D eigenvalue weighted by Gasteiger charge is 2.19. The SMILES string of the molecule is CC(C(=O)N(C)C)n1cnc(Cl)c(I)c1=O. The van der Waals surface area contributed by atoms with Crippen molar-refractivity contribution in [2.45, 2.75) is 13.0 Å². The molecule has 0 aliphatic rings. The molecule has 1 aromatic heterocycles. The predicted molar refractivity (Wildman–Crippen MR) is 69.6 cm³/mol. The van der Waals surface area contributed by atoms with Gasteiger partial charge in [0.05, 0.1) is 6.33 Å². The molecule has 1 heterocycles. The van der Waals surface area contributed by atoms with Crippen molar-refractivity contribution in [3.8, 4) is 0 Å². The lowest BCUT2D eigenvalue weighted by molar-refractivity contribution is -0.131. The van der Waals surface area contributed by atoms with Gasteiger partial charge in [0, 0.05) is 14.1 Å². The Morgan fingerprint density at radius 1 is 1.62 bits per heavy atom. The normalized spacial score (nSPS) is 12.3. The van der Waals surface area contributed by atoms with E-state index in [1.165, 1.54) is 15.8 Å². The Balaban J connectivity index is 3.21. The number of carbonyl (C=O) groups excluding carboxylic acids is 1. The average Bonchev–Trinajstić information content (AvgIpc) is 2.24. The second-order valence-corrected chi connectivity index (χ2v) is 4.91. The molecule has 7 heteroatoms. The summed E-state index contributed by atoms with van der Waals surface area (Å²) in [7, 11) is 3.27. The lowest BCUT2D eigenvalue weighted by Gasteiger charge is -2.18. The first-order valence-corrected chi connectivity index (χ1v) is 5.95. The van der Waals surface area contributed by atoms with Crippen LogP contribution in [0, 0.1) is 3.57 Å². The van der Waals surface area contributed by atoms with Crippen LogP contribution in [0.25, 0.3) is 0 Å². The lowest BCUT2D eigenvalue weighted by Crippen LogP contribution is -2.36. The van der Waals surface area contributed by atoms with E-state index in [1.54, 1.807) is 21.0 Å². The van der Waals surface area contributed by atoms with E-state index in [1.807, 2.05) is 22.6 Å². The third kappa shape index (κ3) is 2.54. The monoisotopic (exact) mass is 355 g/mol. The zero-order valence-electron chi connectivity index (χ0n) is 9.07. The molecule has 0 fully saturated rings. The predicted octanol–water partition coefficient (Wildman–Crippen LogP) is 1.15. The van der Waals surface area contributed by atoms with Crippen LogP contribution >= 0.6 is 34.2 Å². The fourth-order valence-corrected chi connectivity index (χ4v) is 1.73. The van der Waals surface area contributed by atoms with Crippen molar-refractivity contribution in [3.63, 3.8) is 0 Å². The van der Waals surface area contributed by atoms with E-state index in [9.17, 15) is 9.59 Å². The van der Waals surface area contributed by atoms with Gasteiger partial charge in [-0.1, -0.05) is 11.6 Å². The Bertz CT molecular complexity index is 472. The van der Waals surface area contributed by atoms with E-state index in [-0.39, 0.29) is 16.6 Å². The maximum absolute atomic E-state index is 11.8. The molecule has 0 aliphatic carbocycles. The standard InChI is InChI=1S/C9H11ClIN3O2/c1-5(8(15)13(2)3)14-4-12-7(10)6(11)9(14)16/h4-5H,1-3H3. The van der Waals surface area contributed by atoms with Gasteiger partial charge in [-0.3, -0.25) is 14.2 Å². The molecule has 1 atom stereocenters. The summed E-state index contributed by atoms with van der Waals surface area (Å²) in [5.74, 6) is -0.165. The third-order valence-electron chi connectivity index (χ3n) is 2.11. The van der Waals surface area contributed by atoms with Gasteiger partial charge in [0.15, 0.2) is 0 Å². The van der Waals surface area contributed by atoms with E-state index < -0.39 is 6.04 Å². The highest BCUT2D eigenvalue weighted by molar-refractivity contribution is 14.1. The number of hydrogen-bond donors (Lipinski definition) is 0. The molecule has 0 bridgehead atoms. The second kappa shape index (κ2) is 5.13. The lowest BCUT2D eigenvalue weighted by atomic mass is 10.3. The van der Waals surface area contributed by atoms with E-state index in [4.69, 9.17) is 11.6 Å². The molecular formula is C9H11ClIN3O2. The molecule has 16 heavy (non-hydrogen) atoms. The highest BCUT2D eigenvalue weighted by atomic mass is 127. The van der Waals surface area contributed by atoms with E-state index >= 15 is 0 Å². The number of nitrogens with zero attached hydrogens (tertiary/aromatic N) is 3. The van der Waals surface area contributed by atoms with Crippen molar-refractivity contribution in [3.05, 3.63) is 25.4 Å². The quantitative estimate of drug-likeness (QED) is 0.591. The van der Waals surface area contributed by atoms with Crippen LogP contribution in [0.3, 0.4) is 0 Å². The maximum atomic E-state index is 11.8. The number of aromatic nitrogens is 2. The Morgan fingerprint density at radius 2 is 2.19 bits per heavy atom. The third-order valence-corrected chi connectivity index (χ3v) is 3.69. The maximum Gasteiger partial charge on any atom is 0.269 e. The van der Waals surface area contributed by atoms with E-state index in [2.05, 4.69) is 4.98 Å². The molecule has 0 spiro atoms. The van der Waals surface area contributed by atoms with Crippen molar-refractivity contribution in [1.82, 2.24) is 14.5 Å². The van der Waals surface area contributed by atoms with Crippen LogP contribution in [0.2, 0.25) is 5.15 Å². The largest absolute Gasteiger partial charge is 0.347 e. The smallest absolute Gasteiger partial charge is 0.269 e. The van der Waals surface area contributed by atoms with Gasteiger partial charge in [-0.2, -0.15) is 0 Å². The van der Waals surface area contributed by atoms with Crippen LogP contribution in [-0.4, -0.2) is 34.5 Å². The van der Waals surface area contributed by atoms with Gasteiger partial charge < -0.3 is 4.90 Å². The van der Waals surface area contributed by atoms with E-state index in [0.29, 0.717) is 3.57 Å². The number of rotatable bonds is 2. The number of amides is 1. The van der Waals surface area contributed by atoms with Crippen LogP contribution in [0.5, 0.6) is 0 Å². The molecule has 1 rings (SSSR count). The van der Waals surface area contributed by atoms with Gasteiger partial charge in [-0.15, -0.1) is 0 Å². The van der Waals surface area contributed by atoms with Crippen LogP contribution in [0.1, 0.15) is 13.0 Å². The Labute approximate surface area is 112 Å². The summed E-state index contributed by atoms with van der Waals surface area (Å²) in [5.41, 5.74) is -0.302. The molecule has 1 amide bonds. The van der Waals surface area contributed by atoms with Gasteiger partial charge in [0.25, 0.3) is 5.56 Å². The molecule has 1 unspecified atom stereocenters. The van der Waals surface area contributed by atoms with Crippen molar-refractivity contribution < 1.29 is 4.79 Å². The summed E-state index contributed by atoms with van der Waals surface area (Å²) in [6, 6.07) is -0.583. The molecule has 0 saturated carbocycles. The number of carbonyl (C=O) groups is 1. The van der Waals surface area contributed by atoms with Crippen LogP contribution < -0.4 is 5.56 Å². The zero-order valence-corrected chi connectivity index (χ0v) is 12.0. The summed E-state index contributed by atoms with van der Waals surface area (Å²) in [5, 5.41) is 0.159. The van der Waals surface area contributed by atoms with Gasteiger partial charge >= 0.3 is 0 Å². The molecule has 0 aromatic carbocycles. The van der Waals surface area contributed by atoms with Gasteiger partial charge in [0.2, 0.25) is 5.91 Å². The molecule has 0 aliphatic heterocycles. The minimum absolute atomic E-state index is 0.159. The zero-order chi connectivity index (χ0) is 12.5. The van der Waals surface area contributed by atoms with Gasteiger partial charge in [-0.05, 0) is 29.5 Å². The van der Waals surface area contributed by atoms with Gasteiger partial charge in [0.1, 0.15) is 14.8 Å². The van der Waals surface area contributed by atoms with Crippen molar-refractivity contribution in [2.75, 3.05) is 14.1 Å². The molecule has 88 valence electrons. The molecule has 0 saturated heterocycles. The van der Waals surface area contributed by atoms with Crippen LogP contribution in [0.4, 0.5) is 0 Å². The molecule has 0 N–H and O–H groups in total. The summed E-state index contributed by atoms with van der Waals surface area (Å²) < 4.78 is 1.59. The highest BCUT2D eigenvalue weighted by Crippen LogP contribution is 2.12. The Kier molecular flexibility index (Phi) is 4.31. The summed E-state index contributed by atoms with van der Waals surface area (Å²) in [4.78, 5) is 28.8. The number of halogens is 2. The average molecular weight is 356 g/mol. The van der Waals surface area contributed by atoms with Crippen molar-refractivity contribution >= 4 is 40.1 Å². The van der Waals surface area contributed by atoms with Crippen molar-refractivity contribution in [1.29, 1.82) is 0 Å². The minimum Gasteiger partial charge on any atom is -0.347 e. The summed E-state index contributed by atoms with van der Waals surface area (Å²) in [6.07, 6.45) is 1.29. The summed E-state index contributed by atoms with van der Waals surface area (Å²) >= 11 is 7.52. The first kappa shape index (κ1) is 13.4. The van der Waals surface area contributed by atoms with Crippen molar-refractivity contribution in [2.24, 2.45) is 0 Å². The van der Waals surface area contributed by atoms with Gasteiger partial charge in [-0.25, -0.2) is 4.98 Å². The fourth-order valence-electron chi connectivity index (χ4n) is 1.19. The number of likely N-dealkylation sites (N-methyl/N-ethyl adjacent to an activating group) is 1. The molecule has 0 radical (unpaired) electrons. The molecule has 1 aromatic rings. The Hall–Kier alpha value is -0.630. The Morgan fingerprint density at radius 3 is 2.69 bits per heavy atom. The van der Waals surface area contributed by atoms with E-state index in [0.717, 1.165) is 0 Å². The second-order valence-electron chi connectivity index (χ2n) is 3.47. The fraction of sp³-hybridized carbons (Fsp3) is 0.444. The molecule has 5 nitrogen and oxygen atoms in total. The summed E-state index contributed by atoms with van der Waals surface area (Å²) in [6.45, 7) is 1.65. The molecular weight excluding hydrogens is 344 g/mol. The van der Waals surface area contributed by atoms with Crippen LogP contribution in [-0.2, 0) is 4.79 Å². The first-order chi connectivity index (χ1) is 7.36. The number of hydrogen-bond acceptors (Lipinski definition) is 3. The topological polar surface area (TPSA) is 55.2 Å². The minimum atomic E-state index is -0.583. The van der Waals surface area contributed by atoms with Crippen LogP contribution in [0.15, 0.2) is 11.1 Å².